The van der Waals surface area contributed by atoms with E-state index in [0.29, 0.717) is 0 Å². The SMILES string of the molecule is Cc1ccc(NS)cc1.Cl. The summed E-state index contributed by atoms with van der Waals surface area (Å²) in [4.78, 5) is 0. The van der Waals surface area contributed by atoms with Gasteiger partial charge in [-0.1, -0.05) is 30.5 Å². The molecule has 3 heteroatoms. The minimum absolute atomic E-state index is 0. The van der Waals surface area contributed by atoms with Crippen LogP contribution in [0.15, 0.2) is 24.3 Å². The van der Waals surface area contributed by atoms with Gasteiger partial charge in [-0.25, -0.2) is 0 Å². The van der Waals surface area contributed by atoms with Gasteiger partial charge < -0.3 is 4.72 Å². The van der Waals surface area contributed by atoms with Crippen molar-refractivity contribution in [2.75, 3.05) is 4.72 Å². The quantitative estimate of drug-likeness (QED) is 0.626. The third kappa shape index (κ3) is 2.50. The molecule has 0 saturated heterocycles. The highest BCUT2D eigenvalue weighted by molar-refractivity contribution is 7.81. The van der Waals surface area contributed by atoms with Gasteiger partial charge in [-0.3, -0.25) is 0 Å². The molecule has 0 saturated carbocycles. The molecule has 0 fully saturated rings. The van der Waals surface area contributed by atoms with Crippen LogP contribution >= 0.6 is 25.2 Å². The number of hydrogen-bond donors (Lipinski definition) is 2. The van der Waals surface area contributed by atoms with Crippen LogP contribution in [0.25, 0.3) is 0 Å². The second-order valence-corrected chi connectivity index (χ2v) is 2.20. The van der Waals surface area contributed by atoms with Crippen LogP contribution in [0.2, 0.25) is 0 Å². The van der Waals surface area contributed by atoms with Gasteiger partial charge in [-0.15, -0.1) is 12.4 Å². The number of rotatable bonds is 1. The number of aryl methyl sites for hydroxylation is 1. The van der Waals surface area contributed by atoms with E-state index < -0.39 is 0 Å². The summed E-state index contributed by atoms with van der Waals surface area (Å²) in [6.07, 6.45) is 0. The van der Waals surface area contributed by atoms with E-state index in [4.69, 9.17) is 0 Å². The Morgan fingerprint density at radius 1 is 1.20 bits per heavy atom. The van der Waals surface area contributed by atoms with Gasteiger partial charge in [-0.05, 0) is 19.1 Å². The first-order chi connectivity index (χ1) is 4.33. The van der Waals surface area contributed by atoms with E-state index >= 15 is 0 Å². The summed E-state index contributed by atoms with van der Waals surface area (Å²) in [6.45, 7) is 2.06. The molecule has 0 bridgehead atoms. The summed E-state index contributed by atoms with van der Waals surface area (Å²) in [5, 5.41) is 0. The normalized spacial score (nSPS) is 8.20. The molecule has 0 aliphatic heterocycles. The molecular weight excluding hydrogens is 166 g/mol. The second kappa shape index (κ2) is 4.47. The first-order valence-corrected chi connectivity index (χ1v) is 3.24. The summed E-state index contributed by atoms with van der Waals surface area (Å²) in [6, 6.07) is 8.06. The van der Waals surface area contributed by atoms with E-state index in [1.54, 1.807) is 0 Å². The van der Waals surface area contributed by atoms with Crippen molar-refractivity contribution in [2.24, 2.45) is 0 Å². The zero-order valence-electron chi connectivity index (χ0n) is 5.66. The summed E-state index contributed by atoms with van der Waals surface area (Å²) in [7, 11) is 0. The second-order valence-electron chi connectivity index (χ2n) is 1.98. The fourth-order valence-electron chi connectivity index (χ4n) is 0.628. The average Bonchev–Trinajstić information content (AvgIpc) is 1.90. The summed E-state index contributed by atoms with van der Waals surface area (Å²) in [5.74, 6) is 0. The highest BCUT2D eigenvalue weighted by atomic mass is 35.5. The maximum Gasteiger partial charge on any atom is 0.0438 e. The van der Waals surface area contributed by atoms with E-state index in [9.17, 15) is 0 Å². The molecular formula is C7H10ClNS. The van der Waals surface area contributed by atoms with Crippen LogP contribution in [0.3, 0.4) is 0 Å². The van der Waals surface area contributed by atoms with E-state index in [1.165, 1.54) is 5.56 Å². The van der Waals surface area contributed by atoms with Crippen LogP contribution in [-0.2, 0) is 0 Å². The molecule has 0 aliphatic rings. The molecule has 0 spiro atoms. The van der Waals surface area contributed by atoms with Gasteiger partial charge in [0.05, 0.1) is 0 Å². The number of halogens is 1. The number of benzene rings is 1. The number of anilines is 1. The molecule has 1 aromatic carbocycles. The molecule has 0 heterocycles. The molecule has 1 aromatic rings. The molecule has 1 nitrogen and oxygen atoms in total. The highest BCUT2D eigenvalue weighted by Crippen LogP contribution is 2.08. The van der Waals surface area contributed by atoms with Crippen molar-refractivity contribution in [2.45, 2.75) is 6.92 Å². The minimum atomic E-state index is 0. The first kappa shape index (κ1) is 9.66. The van der Waals surface area contributed by atoms with Crippen LogP contribution in [-0.4, -0.2) is 0 Å². The Morgan fingerprint density at radius 3 is 2.10 bits per heavy atom. The molecule has 0 aromatic heterocycles. The van der Waals surface area contributed by atoms with Gasteiger partial charge in [0.2, 0.25) is 0 Å². The third-order valence-corrected chi connectivity index (χ3v) is 1.44. The Labute approximate surface area is 72.8 Å². The largest absolute Gasteiger partial charge is 0.332 e. The fraction of sp³-hybridized carbons (Fsp3) is 0.143. The van der Waals surface area contributed by atoms with E-state index in [-0.39, 0.29) is 12.4 Å². The maximum atomic E-state index is 3.89. The van der Waals surface area contributed by atoms with Crippen LogP contribution in [0.4, 0.5) is 5.69 Å². The van der Waals surface area contributed by atoms with Crippen LogP contribution < -0.4 is 4.72 Å². The van der Waals surface area contributed by atoms with Crippen molar-refractivity contribution in [3.8, 4) is 0 Å². The zero-order chi connectivity index (χ0) is 6.69. The lowest BCUT2D eigenvalue weighted by Gasteiger charge is -1.96. The maximum absolute atomic E-state index is 3.89. The predicted molar refractivity (Wildman–Crippen MR) is 51.0 cm³/mol. The molecule has 1 rings (SSSR count). The lowest BCUT2D eigenvalue weighted by atomic mass is 10.2. The molecule has 1 N–H and O–H groups in total. The number of hydrogen-bond acceptors (Lipinski definition) is 2. The molecule has 10 heavy (non-hydrogen) atoms. The number of thiol groups is 1. The predicted octanol–water partition coefficient (Wildman–Crippen LogP) is 2.67. The fourth-order valence-corrected chi connectivity index (χ4v) is 0.777. The summed E-state index contributed by atoms with van der Waals surface area (Å²) >= 11 is 3.89. The molecule has 0 radical (unpaired) electrons. The topological polar surface area (TPSA) is 12.0 Å². The lowest BCUT2D eigenvalue weighted by Crippen LogP contribution is -1.78. The van der Waals surface area contributed by atoms with Gasteiger partial charge in [0.25, 0.3) is 0 Å². The van der Waals surface area contributed by atoms with Crippen molar-refractivity contribution in [3.05, 3.63) is 29.8 Å². The van der Waals surface area contributed by atoms with Crippen LogP contribution in [0.1, 0.15) is 5.56 Å². The molecule has 0 unspecified atom stereocenters. The Morgan fingerprint density at radius 2 is 1.70 bits per heavy atom. The molecule has 0 aliphatic carbocycles. The lowest BCUT2D eigenvalue weighted by molar-refractivity contribution is 1.47. The van der Waals surface area contributed by atoms with Gasteiger partial charge >= 0.3 is 0 Å². The summed E-state index contributed by atoms with van der Waals surface area (Å²) in [5.41, 5.74) is 2.30. The molecule has 0 amide bonds. The average molecular weight is 176 g/mol. The Balaban J connectivity index is 0.000000810. The van der Waals surface area contributed by atoms with Crippen molar-refractivity contribution < 1.29 is 0 Å². The smallest absolute Gasteiger partial charge is 0.0438 e. The molecule has 0 atom stereocenters. The van der Waals surface area contributed by atoms with Crippen molar-refractivity contribution in [1.82, 2.24) is 0 Å². The van der Waals surface area contributed by atoms with E-state index in [2.05, 4.69) is 24.5 Å². The van der Waals surface area contributed by atoms with E-state index in [0.717, 1.165) is 5.69 Å². The highest BCUT2D eigenvalue weighted by Gasteiger charge is 1.84. The molecule has 56 valence electrons. The Kier molecular flexibility index (Phi) is 4.32. The van der Waals surface area contributed by atoms with Crippen molar-refractivity contribution in [3.63, 3.8) is 0 Å². The number of nitrogens with one attached hydrogen (secondary N) is 1. The zero-order valence-corrected chi connectivity index (χ0v) is 7.38. The van der Waals surface area contributed by atoms with Crippen LogP contribution in [0.5, 0.6) is 0 Å². The standard InChI is InChI=1S/C7H9NS.ClH/c1-6-2-4-7(8-9)5-3-6;/h2-5,8-9H,1H3;1H. The van der Waals surface area contributed by atoms with Crippen molar-refractivity contribution >= 4 is 30.9 Å². The van der Waals surface area contributed by atoms with Gasteiger partial charge in [0, 0.05) is 5.69 Å². The van der Waals surface area contributed by atoms with Gasteiger partial charge in [-0.2, -0.15) is 0 Å². The van der Waals surface area contributed by atoms with Crippen LogP contribution in [0, 0.1) is 6.92 Å². The van der Waals surface area contributed by atoms with Crippen molar-refractivity contribution in [1.29, 1.82) is 0 Å². The van der Waals surface area contributed by atoms with Gasteiger partial charge in [0.15, 0.2) is 0 Å². The first-order valence-electron chi connectivity index (χ1n) is 2.79. The minimum Gasteiger partial charge on any atom is -0.332 e. The van der Waals surface area contributed by atoms with Gasteiger partial charge in [0.1, 0.15) is 0 Å². The summed E-state index contributed by atoms with van der Waals surface area (Å²) < 4.78 is 2.75. The Bertz CT molecular complexity index is 185. The third-order valence-electron chi connectivity index (χ3n) is 1.18. The Hall–Kier alpha value is -0.340. The van der Waals surface area contributed by atoms with E-state index in [1.807, 2.05) is 24.3 Å². The monoisotopic (exact) mass is 175 g/mol.